The average molecular weight is 193 g/mol. The molecular weight excluding hydrogens is 184 g/mol. The lowest BCUT2D eigenvalue weighted by atomic mass is 10.2. The summed E-state index contributed by atoms with van der Waals surface area (Å²) in [6.45, 7) is 1.98. The highest BCUT2D eigenvalue weighted by molar-refractivity contribution is 6.31. The molecule has 2 aromatic rings. The summed E-state index contributed by atoms with van der Waals surface area (Å²) in [4.78, 5) is 0. The molecule has 2 rings (SSSR count). The Labute approximate surface area is 81.8 Å². The minimum absolute atomic E-state index is 0.788. The molecule has 1 heterocycles. The van der Waals surface area contributed by atoms with Gasteiger partial charge in [-0.3, -0.25) is 0 Å². The predicted molar refractivity (Wildman–Crippen MR) is 53.3 cm³/mol. The van der Waals surface area contributed by atoms with Crippen LogP contribution in [0.4, 0.5) is 0 Å². The highest BCUT2D eigenvalue weighted by Gasteiger charge is 1.98. The zero-order valence-corrected chi connectivity index (χ0v) is 7.99. The lowest BCUT2D eigenvalue weighted by Crippen LogP contribution is -1.94. The van der Waals surface area contributed by atoms with Gasteiger partial charge in [0.05, 0.1) is 5.69 Å². The van der Waals surface area contributed by atoms with E-state index in [1.165, 1.54) is 0 Å². The summed E-state index contributed by atoms with van der Waals surface area (Å²) < 4.78 is 1.81. The maximum Gasteiger partial charge on any atom is 0.0649 e. The molecule has 13 heavy (non-hydrogen) atoms. The molecule has 0 bridgehead atoms. The summed E-state index contributed by atoms with van der Waals surface area (Å²) in [5.41, 5.74) is 2.10. The van der Waals surface area contributed by atoms with Crippen molar-refractivity contribution >= 4 is 11.6 Å². The van der Waals surface area contributed by atoms with E-state index in [9.17, 15) is 0 Å². The Morgan fingerprint density at radius 2 is 2.23 bits per heavy atom. The van der Waals surface area contributed by atoms with E-state index in [4.69, 9.17) is 11.6 Å². The number of hydrogen-bond donors (Lipinski definition) is 0. The molecule has 2 nitrogen and oxygen atoms in total. The van der Waals surface area contributed by atoms with E-state index in [1.807, 2.05) is 42.1 Å². The molecule has 1 aromatic carbocycles. The minimum atomic E-state index is 0.788. The Bertz CT molecular complexity index is 407. The fraction of sp³-hybridized carbons (Fsp3) is 0.100. The van der Waals surface area contributed by atoms with Crippen molar-refractivity contribution in [2.24, 2.45) is 0 Å². The van der Waals surface area contributed by atoms with Crippen LogP contribution in [0.3, 0.4) is 0 Å². The highest BCUT2D eigenvalue weighted by atomic mass is 35.5. The standard InChI is InChI=1S/C10H9ClN2/c1-8-7-9(3-4-10(8)11)13-6-2-5-12-13/h2-7H,1H3. The second kappa shape index (κ2) is 3.23. The third-order valence-electron chi connectivity index (χ3n) is 1.91. The summed E-state index contributed by atoms with van der Waals surface area (Å²) in [7, 11) is 0. The van der Waals surface area contributed by atoms with Crippen molar-refractivity contribution in [1.82, 2.24) is 9.78 Å². The molecular formula is C10H9ClN2. The zero-order chi connectivity index (χ0) is 9.26. The second-order valence-electron chi connectivity index (χ2n) is 2.88. The van der Waals surface area contributed by atoms with Crippen LogP contribution in [0.5, 0.6) is 0 Å². The molecule has 0 aliphatic carbocycles. The van der Waals surface area contributed by atoms with Gasteiger partial charge in [-0.2, -0.15) is 5.10 Å². The van der Waals surface area contributed by atoms with Crippen LogP contribution in [0.25, 0.3) is 5.69 Å². The first kappa shape index (κ1) is 8.32. The summed E-state index contributed by atoms with van der Waals surface area (Å²) in [5, 5.41) is 4.92. The van der Waals surface area contributed by atoms with Gasteiger partial charge in [0, 0.05) is 17.4 Å². The van der Waals surface area contributed by atoms with Gasteiger partial charge in [-0.15, -0.1) is 0 Å². The number of halogens is 1. The Balaban J connectivity index is 2.49. The number of benzene rings is 1. The normalized spacial score (nSPS) is 10.3. The predicted octanol–water partition coefficient (Wildman–Crippen LogP) is 2.83. The Morgan fingerprint density at radius 1 is 1.38 bits per heavy atom. The van der Waals surface area contributed by atoms with Crippen molar-refractivity contribution in [3.05, 3.63) is 47.2 Å². The average Bonchev–Trinajstić information content (AvgIpc) is 2.62. The topological polar surface area (TPSA) is 17.8 Å². The van der Waals surface area contributed by atoms with Crippen molar-refractivity contribution in [1.29, 1.82) is 0 Å². The molecule has 0 radical (unpaired) electrons. The van der Waals surface area contributed by atoms with Crippen molar-refractivity contribution < 1.29 is 0 Å². The highest BCUT2D eigenvalue weighted by Crippen LogP contribution is 2.17. The van der Waals surface area contributed by atoms with Crippen molar-refractivity contribution in [3.63, 3.8) is 0 Å². The minimum Gasteiger partial charge on any atom is -0.241 e. The molecule has 0 spiro atoms. The van der Waals surface area contributed by atoms with Crippen LogP contribution in [0, 0.1) is 6.92 Å². The van der Waals surface area contributed by atoms with Gasteiger partial charge in [0.2, 0.25) is 0 Å². The molecule has 3 heteroatoms. The van der Waals surface area contributed by atoms with Crippen molar-refractivity contribution in [2.75, 3.05) is 0 Å². The van der Waals surface area contributed by atoms with Gasteiger partial charge in [-0.1, -0.05) is 11.6 Å². The number of aryl methyl sites for hydroxylation is 1. The van der Waals surface area contributed by atoms with E-state index in [2.05, 4.69) is 5.10 Å². The summed E-state index contributed by atoms with van der Waals surface area (Å²) in [6, 6.07) is 7.73. The summed E-state index contributed by atoms with van der Waals surface area (Å²) >= 11 is 5.91. The van der Waals surface area contributed by atoms with Crippen LogP contribution < -0.4 is 0 Å². The van der Waals surface area contributed by atoms with Gasteiger partial charge in [-0.05, 0) is 36.8 Å². The summed E-state index contributed by atoms with van der Waals surface area (Å²) in [6.07, 6.45) is 3.66. The van der Waals surface area contributed by atoms with Crippen molar-refractivity contribution in [3.8, 4) is 5.69 Å². The third-order valence-corrected chi connectivity index (χ3v) is 2.33. The van der Waals surface area contributed by atoms with E-state index in [-0.39, 0.29) is 0 Å². The molecule has 0 amide bonds. The lowest BCUT2D eigenvalue weighted by molar-refractivity contribution is 0.879. The number of rotatable bonds is 1. The molecule has 1 aromatic heterocycles. The van der Waals surface area contributed by atoms with Crippen LogP contribution >= 0.6 is 11.6 Å². The smallest absolute Gasteiger partial charge is 0.0649 e. The fourth-order valence-electron chi connectivity index (χ4n) is 1.19. The van der Waals surface area contributed by atoms with E-state index >= 15 is 0 Å². The van der Waals surface area contributed by atoms with E-state index in [0.717, 1.165) is 16.3 Å². The van der Waals surface area contributed by atoms with Gasteiger partial charge < -0.3 is 0 Å². The molecule has 0 saturated heterocycles. The first-order valence-corrected chi connectivity index (χ1v) is 4.41. The SMILES string of the molecule is Cc1cc(-n2cccn2)ccc1Cl. The Morgan fingerprint density at radius 3 is 2.85 bits per heavy atom. The molecule has 0 fully saturated rings. The fourth-order valence-corrected chi connectivity index (χ4v) is 1.31. The quantitative estimate of drug-likeness (QED) is 0.680. The largest absolute Gasteiger partial charge is 0.241 e. The Kier molecular flexibility index (Phi) is 2.07. The zero-order valence-electron chi connectivity index (χ0n) is 7.24. The van der Waals surface area contributed by atoms with Gasteiger partial charge in [0.25, 0.3) is 0 Å². The monoisotopic (exact) mass is 192 g/mol. The van der Waals surface area contributed by atoms with Gasteiger partial charge >= 0.3 is 0 Å². The molecule has 0 atom stereocenters. The lowest BCUT2D eigenvalue weighted by Gasteiger charge is -2.03. The van der Waals surface area contributed by atoms with Crippen LogP contribution in [0.1, 0.15) is 5.56 Å². The van der Waals surface area contributed by atoms with E-state index in [0.29, 0.717) is 0 Å². The second-order valence-corrected chi connectivity index (χ2v) is 3.29. The first-order valence-electron chi connectivity index (χ1n) is 4.03. The van der Waals surface area contributed by atoms with E-state index in [1.54, 1.807) is 6.20 Å². The first-order chi connectivity index (χ1) is 6.27. The number of hydrogen-bond acceptors (Lipinski definition) is 1. The van der Waals surface area contributed by atoms with Crippen LogP contribution in [0.15, 0.2) is 36.7 Å². The maximum absolute atomic E-state index is 5.91. The Hall–Kier alpha value is -1.28. The van der Waals surface area contributed by atoms with Crippen LogP contribution in [-0.2, 0) is 0 Å². The van der Waals surface area contributed by atoms with E-state index < -0.39 is 0 Å². The van der Waals surface area contributed by atoms with Gasteiger partial charge in [0.15, 0.2) is 0 Å². The molecule has 66 valence electrons. The molecule has 0 N–H and O–H groups in total. The maximum atomic E-state index is 5.91. The molecule has 0 aliphatic heterocycles. The summed E-state index contributed by atoms with van der Waals surface area (Å²) in [5.74, 6) is 0. The van der Waals surface area contributed by atoms with Gasteiger partial charge in [-0.25, -0.2) is 4.68 Å². The molecule has 0 aliphatic rings. The van der Waals surface area contributed by atoms with Gasteiger partial charge in [0.1, 0.15) is 0 Å². The van der Waals surface area contributed by atoms with Crippen molar-refractivity contribution in [2.45, 2.75) is 6.92 Å². The molecule has 0 saturated carbocycles. The molecule has 0 unspecified atom stereocenters. The van der Waals surface area contributed by atoms with Crippen LogP contribution in [-0.4, -0.2) is 9.78 Å². The third kappa shape index (κ3) is 1.58. The number of aromatic nitrogens is 2. The number of nitrogens with zero attached hydrogens (tertiary/aromatic N) is 2. The van der Waals surface area contributed by atoms with Crippen LogP contribution in [0.2, 0.25) is 5.02 Å².